The molecule has 16 N–H and O–H groups in total. The quantitative estimate of drug-likeness (QED) is 0.0419. The Morgan fingerprint density at radius 2 is 0.530 bits per heavy atom. The molecule has 34 heteroatoms. The largest absolute Gasteiger partial charge is 0.394 e. The van der Waals surface area contributed by atoms with Crippen molar-refractivity contribution in [2.24, 2.45) is 41.4 Å². The van der Waals surface area contributed by atoms with Gasteiger partial charge in [-0.3, -0.25) is 38.4 Å². The normalized spacial score (nSPS) is 32.4. The first-order valence-corrected chi connectivity index (χ1v) is 42.4. The van der Waals surface area contributed by atoms with E-state index >= 15 is 0 Å². The Labute approximate surface area is 694 Å². The minimum atomic E-state index is -1.30. The SMILES string of the molecule is CCCC(C)C(=O)CC1C(OC(C)C)OC(CO)C(O)C1O.CCCC(C)C(=O)CC1C(OC(C)C)OC(CO)C(O)C1O.CCCC(C)C(=O)CC1OC(OC(C)C)C(O)C(O)C1NC(C)=O.CCCC(C)C(=O)CC1OC(OC(C)C)C(O)C(O)C1NC(C)=O.CCCC(C)C(=O)NCC1OC(OC(C)C)C(O)C(O)C1NC(C)=O. The van der Waals surface area contributed by atoms with Gasteiger partial charge in [-0.15, -0.1) is 0 Å². The van der Waals surface area contributed by atoms with E-state index in [-0.39, 0.29) is 139 Å². The fraction of sp³-hybridized carbons (Fsp3) is 0.904. The molecule has 5 heterocycles. The van der Waals surface area contributed by atoms with Crippen molar-refractivity contribution in [2.75, 3.05) is 19.8 Å². The van der Waals surface area contributed by atoms with E-state index in [2.05, 4.69) is 21.3 Å². The summed E-state index contributed by atoms with van der Waals surface area (Å²) >= 11 is 0. The highest BCUT2D eigenvalue weighted by atomic mass is 16.7. The van der Waals surface area contributed by atoms with Crippen LogP contribution in [0.2, 0.25) is 0 Å². The molecular weight excluding hydrogens is 1530 g/mol. The van der Waals surface area contributed by atoms with Gasteiger partial charge in [-0.25, -0.2) is 0 Å². The van der Waals surface area contributed by atoms with Crippen LogP contribution in [0.1, 0.15) is 249 Å². The lowest BCUT2D eigenvalue weighted by Gasteiger charge is -2.43. The Hall–Kier alpha value is -4.32. The zero-order valence-corrected chi connectivity index (χ0v) is 73.9. The Kier molecular flexibility index (Phi) is 53.4. The van der Waals surface area contributed by atoms with Crippen molar-refractivity contribution >= 4 is 46.8 Å². The molecule has 117 heavy (non-hydrogen) atoms. The third kappa shape index (κ3) is 38.1. The highest BCUT2D eigenvalue weighted by Gasteiger charge is 2.52. The van der Waals surface area contributed by atoms with Crippen molar-refractivity contribution in [1.82, 2.24) is 21.3 Å². The van der Waals surface area contributed by atoms with Gasteiger partial charge in [0.25, 0.3) is 0 Å². The summed E-state index contributed by atoms with van der Waals surface area (Å²) in [4.78, 5) is 95.7. The lowest BCUT2D eigenvalue weighted by atomic mass is 9.84. The van der Waals surface area contributed by atoms with Gasteiger partial charge in [-0.2, -0.15) is 0 Å². The number of hydrogen-bond acceptors (Lipinski definition) is 30. The first kappa shape index (κ1) is 111. The van der Waals surface area contributed by atoms with E-state index in [1.807, 2.05) is 96.9 Å². The van der Waals surface area contributed by atoms with Crippen LogP contribution in [-0.4, -0.2) is 299 Å². The maximum Gasteiger partial charge on any atom is 0.222 e. The molecule has 0 aromatic heterocycles. The number of rotatable bonds is 40. The van der Waals surface area contributed by atoms with Gasteiger partial charge >= 0.3 is 0 Å². The molecule has 0 bridgehead atoms. The van der Waals surface area contributed by atoms with E-state index < -0.39 is 166 Å². The maximum atomic E-state index is 12.4. The molecule has 5 aliphatic heterocycles. The summed E-state index contributed by atoms with van der Waals surface area (Å²) < 4.78 is 56.0. The Bertz CT molecular complexity index is 2700. The second kappa shape index (κ2) is 56.4. The zero-order valence-electron chi connectivity index (χ0n) is 73.9. The van der Waals surface area contributed by atoms with E-state index in [0.717, 1.165) is 64.2 Å². The first-order valence-electron chi connectivity index (χ1n) is 42.4. The van der Waals surface area contributed by atoms with E-state index in [9.17, 15) is 99.6 Å². The molecule has 5 aliphatic rings. The van der Waals surface area contributed by atoms with Gasteiger partial charge in [0.1, 0.15) is 90.3 Å². The average Bonchev–Trinajstić information content (AvgIpc) is 0.829. The van der Waals surface area contributed by atoms with Crippen LogP contribution in [0, 0.1) is 41.4 Å². The van der Waals surface area contributed by atoms with Gasteiger partial charge < -0.3 is 130 Å². The summed E-state index contributed by atoms with van der Waals surface area (Å²) in [5, 5.41) is 131. The highest BCUT2D eigenvalue weighted by Crippen LogP contribution is 2.35. The van der Waals surface area contributed by atoms with Crippen LogP contribution >= 0.6 is 0 Å². The zero-order chi connectivity index (χ0) is 89.7. The Morgan fingerprint density at radius 3 is 0.778 bits per heavy atom. The van der Waals surface area contributed by atoms with Crippen LogP contribution in [0.3, 0.4) is 0 Å². The van der Waals surface area contributed by atoms with Gasteiger partial charge in [0.05, 0.1) is 86.3 Å². The minimum absolute atomic E-state index is 0.00379. The third-order valence-corrected chi connectivity index (χ3v) is 20.7. The van der Waals surface area contributed by atoms with Crippen LogP contribution in [0.15, 0.2) is 0 Å². The summed E-state index contributed by atoms with van der Waals surface area (Å²) in [5.41, 5.74) is 0. The smallest absolute Gasteiger partial charge is 0.222 e. The average molecular weight is 1690 g/mol. The van der Waals surface area contributed by atoms with Gasteiger partial charge in [0, 0.05) is 94.4 Å². The molecule has 30 unspecified atom stereocenters. The molecular formula is C83H154N4O30. The molecule has 0 saturated carbocycles. The Morgan fingerprint density at radius 1 is 0.299 bits per heavy atom. The molecule has 0 aromatic rings. The lowest BCUT2D eigenvalue weighted by molar-refractivity contribution is -0.294. The van der Waals surface area contributed by atoms with Gasteiger partial charge in [-0.1, -0.05) is 101 Å². The van der Waals surface area contributed by atoms with Crippen molar-refractivity contribution < 1.29 is 147 Å². The molecule has 34 nitrogen and oxygen atoms in total. The molecule has 0 aromatic carbocycles. The molecule has 5 rings (SSSR count). The van der Waals surface area contributed by atoms with E-state index in [0.29, 0.717) is 0 Å². The molecule has 30 atom stereocenters. The summed E-state index contributed by atoms with van der Waals surface area (Å²) in [6.07, 6.45) is -13.5. The molecule has 4 amide bonds. The number of carbonyl (C=O) groups is 8. The number of aliphatic hydroxyl groups excluding tert-OH is 12. The van der Waals surface area contributed by atoms with Crippen molar-refractivity contribution in [3.63, 3.8) is 0 Å². The number of Topliss-reactive ketones (excluding diaryl/α,β-unsaturated/α-hetero) is 4. The molecule has 5 fully saturated rings. The van der Waals surface area contributed by atoms with Crippen LogP contribution in [0.4, 0.5) is 0 Å². The van der Waals surface area contributed by atoms with Crippen LogP contribution < -0.4 is 21.3 Å². The van der Waals surface area contributed by atoms with E-state index in [1.165, 1.54) is 20.8 Å². The molecule has 0 aliphatic carbocycles. The molecule has 5 saturated heterocycles. The predicted molar refractivity (Wildman–Crippen MR) is 430 cm³/mol. The van der Waals surface area contributed by atoms with E-state index in [4.69, 9.17) is 47.4 Å². The third-order valence-electron chi connectivity index (χ3n) is 20.7. The molecule has 686 valence electrons. The maximum absolute atomic E-state index is 12.4. The highest BCUT2D eigenvalue weighted by molar-refractivity contribution is 5.83. The number of aliphatic hydroxyl groups is 12. The van der Waals surface area contributed by atoms with Crippen molar-refractivity contribution in [3.8, 4) is 0 Å². The number of ether oxygens (including phenoxy) is 10. The molecule has 0 spiro atoms. The Balaban J connectivity index is 0.000000732. The van der Waals surface area contributed by atoms with Gasteiger partial charge in [-0.05, 0) is 101 Å². The number of carbonyl (C=O) groups excluding carboxylic acids is 8. The van der Waals surface area contributed by atoms with Gasteiger partial charge in [0.2, 0.25) is 23.6 Å². The summed E-state index contributed by atoms with van der Waals surface area (Å²) in [7, 11) is 0. The predicted octanol–water partition coefficient (Wildman–Crippen LogP) is 3.16. The van der Waals surface area contributed by atoms with Crippen LogP contribution in [0.5, 0.6) is 0 Å². The summed E-state index contributed by atoms with van der Waals surface area (Å²) in [6, 6.07) is -2.56. The van der Waals surface area contributed by atoms with Crippen LogP contribution in [0.25, 0.3) is 0 Å². The minimum Gasteiger partial charge on any atom is -0.394 e. The van der Waals surface area contributed by atoms with Crippen molar-refractivity contribution in [2.45, 2.75) is 421 Å². The molecule has 0 radical (unpaired) electrons. The van der Waals surface area contributed by atoms with Crippen LogP contribution in [-0.2, 0) is 85.7 Å². The number of ketones is 4. The monoisotopic (exact) mass is 1690 g/mol. The fourth-order valence-corrected chi connectivity index (χ4v) is 14.2. The van der Waals surface area contributed by atoms with Crippen molar-refractivity contribution in [3.05, 3.63) is 0 Å². The topological polar surface area (TPSA) is 520 Å². The standard InChI is InChI=1S/C17H32N2O6.2C17H31NO6.2C16H30O6/c1-6-7-10(4)16(23)18-8-12-13(19-11(5)20)14(21)15(22)17(25-12)24-9(2)3;2*1-6-7-10(4)12(20)8-13-14(18-11(5)19)15(21)16(22)17(24-13)23-9(2)3;2*1-5-6-10(4)12(18)7-11-14(19)15(20)13(8-17)22-16(11)21-9(2)3/h9-10,12-15,17,21-22H,6-8H2,1-5H3,(H,18,23)(H,19,20);2*9-10,13-17,21-22H,6-8H2,1-5H3,(H,18,19);2*9-11,13-17,19-20H,5-8H2,1-4H3. The second-order valence-corrected chi connectivity index (χ2v) is 33.3. The lowest BCUT2D eigenvalue weighted by Crippen LogP contribution is -2.66. The number of nitrogens with one attached hydrogen (secondary N) is 4. The van der Waals surface area contributed by atoms with Gasteiger partial charge in [0.15, 0.2) is 31.5 Å². The van der Waals surface area contributed by atoms with Crippen molar-refractivity contribution in [1.29, 1.82) is 0 Å². The number of hydrogen-bond donors (Lipinski definition) is 16. The summed E-state index contributed by atoms with van der Waals surface area (Å²) in [5.74, 6) is -2.97. The summed E-state index contributed by atoms with van der Waals surface area (Å²) in [6.45, 7) is 40.6. The number of amides is 4. The second-order valence-electron chi connectivity index (χ2n) is 33.3. The van der Waals surface area contributed by atoms with E-state index in [1.54, 1.807) is 41.5 Å². The first-order chi connectivity index (χ1) is 54.6. The fourth-order valence-electron chi connectivity index (χ4n) is 14.2.